The molecule has 0 bridgehead atoms. The number of carbonyl (C=O) groups excluding carboxylic acids is 2. The number of nitrogens with one attached hydrogen (secondary N) is 1. The van der Waals surface area contributed by atoms with E-state index in [9.17, 15) is 19.8 Å². The molecule has 0 radical (unpaired) electrons. The molecule has 0 aromatic rings. The molecule has 0 rings (SSSR count). The van der Waals surface area contributed by atoms with Crippen LogP contribution in [0, 0.1) is 0 Å². The predicted molar refractivity (Wildman–Crippen MR) is 379 cm³/mol. The fourth-order valence-corrected chi connectivity index (χ4v) is 12.4. The lowest BCUT2D eigenvalue weighted by atomic mass is 10.0. The highest BCUT2D eigenvalue weighted by Gasteiger charge is 2.18. The zero-order valence-corrected chi connectivity index (χ0v) is 58.3. The van der Waals surface area contributed by atoms with Gasteiger partial charge in [-0.05, 0) is 64.2 Å². The standard InChI is InChI=1S/C80H153NO5/c1-3-5-7-9-11-13-15-17-18-19-39-43-46-50-54-58-62-66-70-74-80(85)86-75-71-67-63-59-55-51-47-44-41-38-36-34-32-30-28-26-24-22-20-21-23-25-27-29-31-33-35-37-40-42-45-49-53-57-61-65-69-73-79(84)81-77(76-82)78(83)72-68-64-60-56-52-48-16-14-12-10-8-6-4-2/h20,22,26,28,68,72,77-78,82-83H,3-19,21,23-25,27,29-67,69-71,73-76H2,1-2H3,(H,81,84)/b22-20-,28-26-,72-68+. The van der Waals surface area contributed by atoms with Crippen molar-refractivity contribution in [3.8, 4) is 0 Å². The van der Waals surface area contributed by atoms with Crippen LogP contribution in [0.25, 0.3) is 0 Å². The van der Waals surface area contributed by atoms with Gasteiger partial charge in [0.1, 0.15) is 0 Å². The molecule has 0 saturated carbocycles. The predicted octanol–water partition coefficient (Wildman–Crippen LogP) is 25.8. The number of ether oxygens (including phenoxy) is 1. The maximum Gasteiger partial charge on any atom is 0.305 e. The number of hydrogen-bond acceptors (Lipinski definition) is 5. The molecular formula is C80H153NO5. The van der Waals surface area contributed by atoms with E-state index in [1.54, 1.807) is 6.08 Å². The summed E-state index contributed by atoms with van der Waals surface area (Å²) in [6, 6.07) is -0.625. The summed E-state index contributed by atoms with van der Waals surface area (Å²) in [4.78, 5) is 24.6. The summed E-state index contributed by atoms with van der Waals surface area (Å²) < 4.78 is 5.52. The average Bonchev–Trinajstić information content (AvgIpc) is 3.55. The van der Waals surface area contributed by atoms with Crippen LogP contribution in [-0.2, 0) is 14.3 Å². The van der Waals surface area contributed by atoms with Crippen LogP contribution in [-0.4, -0.2) is 47.4 Å². The molecule has 0 aromatic heterocycles. The van der Waals surface area contributed by atoms with Crippen LogP contribution < -0.4 is 5.32 Å². The summed E-state index contributed by atoms with van der Waals surface area (Å²) in [7, 11) is 0. The molecule has 508 valence electrons. The summed E-state index contributed by atoms with van der Waals surface area (Å²) in [6.07, 6.45) is 98.5. The van der Waals surface area contributed by atoms with Gasteiger partial charge in [0.05, 0.1) is 25.4 Å². The lowest BCUT2D eigenvalue weighted by Gasteiger charge is -2.20. The van der Waals surface area contributed by atoms with E-state index in [1.165, 1.54) is 366 Å². The monoisotopic (exact) mass is 1210 g/mol. The fourth-order valence-electron chi connectivity index (χ4n) is 12.4. The molecule has 2 atom stereocenters. The quantitative estimate of drug-likeness (QED) is 0.0320. The van der Waals surface area contributed by atoms with Crippen LogP contribution in [0.3, 0.4) is 0 Å². The van der Waals surface area contributed by atoms with Gasteiger partial charge in [0.25, 0.3) is 0 Å². The fraction of sp³-hybridized carbons (Fsp3) is 0.900. The van der Waals surface area contributed by atoms with Crippen molar-refractivity contribution < 1.29 is 24.5 Å². The molecule has 0 aliphatic heterocycles. The summed E-state index contributed by atoms with van der Waals surface area (Å²) in [5.74, 6) is -0.0395. The van der Waals surface area contributed by atoms with E-state index in [1.807, 2.05) is 6.08 Å². The number of amides is 1. The Balaban J connectivity index is 3.34. The Morgan fingerprint density at radius 1 is 0.326 bits per heavy atom. The van der Waals surface area contributed by atoms with Crippen LogP contribution in [0.4, 0.5) is 0 Å². The van der Waals surface area contributed by atoms with E-state index in [2.05, 4.69) is 43.5 Å². The van der Waals surface area contributed by atoms with Crippen LogP contribution in [0.1, 0.15) is 438 Å². The van der Waals surface area contributed by atoms with Crippen molar-refractivity contribution in [2.75, 3.05) is 13.2 Å². The van der Waals surface area contributed by atoms with Gasteiger partial charge in [-0.3, -0.25) is 9.59 Å². The van der Waals surface area contributed by atoms with Gasteiger partial charge in [-0.1, -0.05) is 397 Å². The molecule has 0 aliphatic carbocycles. The number of rotatable bonds is 74. The summed E-state index contributed by atoms with van der Waals surface area (Å²) in [5.41, 5.74) is 0. The zero-order valence-electron chi connectivity index (χ0n) is 58.3. The average molecular weight is 1210 g/mol. The molecular weight excluding hydrogens is 1050 g/mol. The SMILES string of the molecule is CCCCCCCCCCCCC/C=C/C(O)C(CO)NC(=O)CCCCCCCCCCCCCCCCCCC/C=C\C/C=C\CCCCCCCCCCCCCCCOC(=O)CCCCCCCCCCCCCCCCCCCCC. The van der Waals surface area contributed by atoms with Gasteiger partial charge in [-0.25, -0.2) is 0 Å². The molecule has 86 heavy (non-hydrogen) atoms. The maximum absolute atomic E-state index is 12.5. The molecule has 0 heterocycles. The number of esters is 1. The van der Waals surface area contributed by atoms with Gasteiger partial charge in [0, 0.05) is 12.8 Å². The lowest BCUT2D eigenvalue weighted by Crippen LogP contribution is -2.45. The minimum atomic E-state index is -0.842. The Hall–Kier alpha value is -1.92. The third kappa shape index (κ3) is 71.2. The highest BCUT2D eigenvalue weighted by molar-refractivity contribution is 5.76. The Kier molecular flexibility index (Phi) is 73.9. The number of aliphatic hydroxyl groups is 2. The molecule has 0 saturated heterocycles. The first-order valence-corrected chi connectivity index (χ1v) is 39.3. The van der Waals surface area contributed by atoms with Crippen molar-refractivity contribution in [1.29, 1.82) is 0 Å². The van der Waals surface area contributed by atoms with Gasteiger partial charge in [-0.2, -0.15) is 0 Å². The number of unbranched alkanes of at least 4 members (excludes halogenated alkanes) is 59. The van der Waals surface area contributed by atoms with Crippen molar-refractivity contribution in [3.63, 3.8) is 0 Å². The summed E-state index contributed by atoms with van der Waals surface area (Å²) in [5, 5.41) is 23.1. The van der Waals surface area contributed by atoms with Crippen molar-refractivity contribution >= 4 is 11.9 Å². The van der Waals surface area contributed by atoms with E-state index >= 15 is 0 Å². The van der Waals surface area contributed by atoms with Crippen molar-refractivity contribution in [2.45, 2.75) is 450 Å². The van der Waals surface area contributed by atoms with Crippen LogP contribution >= 0.6 is 0 Å². The summed E-state index contributed by atoms with van der Waals surface area (Å²) in [6.45, 7) is 4.94. The Morgan fingerprint density at radius 3 is 0.884 bits per heavy atom. The minimum absolute atomic E-state index is 0.0241. The number of allylic oxidation sites excluding steroid dienone is 5. The van der Waals surface area contributed by atoms with Crippen molar-refractivity contribution in [1.82, 2.24) is 5.32 Å². The molecule has 0 aliphatic rings. The Labute approximate surface area is 538 Å². The van der Waals surface area contributed by atoms with Gasteiger partial charge < -0.3 is 20.3 Å². The normalized spacial score (nSPS) is 12.7. The highest BCUT2D eigenvalue weighted by Crippen LogP contribution is 2.19. The Bertz CT molecular complexity index is 1390. The first-order chi connectivity index (χ1) is 42.5. The first-order valence-electron chi connectivity index (χ1n) is 39.3. The largest absolute Gasteiger partial charge is 0.466 e. The first kappa shape index (κ1) is 84.1. The van der Waals surface area contributed by atoms with Gasteiger partial charge >= 0.3 is 5.97 Å². The van der Waals surface area contributed by atoms with E-state index in [0.29, 0.717) is 19.4 Å². The topological polar surface area (TPSA) is 95.9 Å². The second-order valence-corrected chi connectivity index (χ2v) is 27.0. The number of carbonyl (C=O) groups is 2. The third-order valence-electron chi connectivity index (χ3n) is 18.4. The lowest BCUT2D eigenvalue weighted by molar-refractivity contribution is -0.143. The van der Waals surface area contributed by atoms with Crippen LogP contribution in [0.15, 0.2) is 36.5 Å². The van der Waals surface area contributed by atoms with Crippen LogP contribution in [0.2, 0.25) is 0 Å². The maximum atomic E-state index is 12.5. The zero-order chi connectivity index (χ0) is 62.0. The van der Waals surface area contributed by atoms with Gasteiger partial charge in [0.15, 0.2) is 0 Å². The third-order valence-corrected chi connectivity index (χ3v) is 18.4. The minimum Gasteiger partial charge on any atom is -0.466 e. The van der Waals surface area contributed by atoms with Gasteiger partial charge in [0.2, 0.25) is 5.91 Å². The van der Waals surface area contributed by atoms with E-state index in [4.69, 9.17) is 4.74 Å². The van der Waals surface area contributed by atoms with Gasteiger partial charge in [-0.15, -0.1) is 0 Å². The van der Waals surface area contributed by atoms with E-state index in [0.717, 1.165) is 44.9 Å². The molecule has 0 fully saturated rings. The number of aliphatic hydroxyl groups excluding tert-OH is 2. The molecule has 2 unspecified atom stereocenters. The second kappa shape index (κ2) is 75.5. The Morgan fingerprint density at radius 2 is 0.581 bits per heavy atom. The van der Waals surface area contributed by atoms with Crippen LogP contribution in [0.5, 0.6) is 0 Å². The second-order valence-electron chi connectivity index (χ2n) is 27.0. The van der Waals surface area contributed by atoms with E-state index < -0.39 is 12.1 Å². The molecule has 0 aromatic carbocycles. The molecule has 6 nitrogen and oxygen atoms in total. The smallest absolute Gasteiger partial charge is 0.305 e. The highest BCUT2D eigenvalue weighted by atomic mass is 16.5. The molecule has 0 spiro atoms. The molecule has 3 N–H and O–H groups in total. The van der Waals surface area contributed by atoms with E-state index in [-0.39, 0.29) is 18.5 Å². The molecule has 6 heteroatoms. The summed E-state index contributed by atoms with van der Waals surface area (Å²) >= 11 is 0. The molecule has 1 amide bonds. The van der Waals surface area contributed by atoms with Crippen molar-refractivity contribution in [2.24, 2.45) is 0 Å². The number of hydrogen-bond donors (Lipinski definition) is 3. The van der Waals surface area contributed by atoms with Crippen molar-refractivity contribution in [3.05, 3.63) is 36.5 Å².